The highest BCUT2D eigenvalue weighted by atomic mass is 19.4. The van der Waals surface area contributed by atoms with Crippen molar-refractivity contribution in [3.8, 4) is 5.75 Å². The van der Waals surface area contributed by atoms with Crippen molar-refractivity contribution >= 4 is 23.1 Å². The van der Waals surface area contributed by atoms with Crippen LogP contribution >= 0.6 is 0 Å². The summed E-state index contributed by atoms with van der Waals surface area (Å²) in [5.41, 5.74) is 1.03. The zero-order chi connectivity index (χ0) is 25.5. The number of carbonyl (C=O) groups is 2. The molecule has 0 fully saturated rings. The Balaban J connectivity index is 2.04. The minimum atomic E-state index is -5.15. The molecule has 4 rings (SSSR count). The van der Waals surface area contributed by atoms with Crippen LogP contribution in [0.15, 0.2) is 59.8 Å². The van der Waals surface area contributed by atoms with E-state index >= 15 is 0 Å². The van der Waals surface area contributed by atoms with E-state index in [4.69, 9.17) is 4.74 Å². The van der Waals surface area contributed by atoms with Gasteiger partial charge in [-0.3, -0.25) is 14.5 Å². The number of amides is 1. The highest BCUT2D eigenvalue weighted by Crippen LogP contribution is 2.50. The molecule has 1 amide bonds. The summed E-state index contributed by atoms with van der Waals surface area (Å²) in [6, 6.07) is 11.7. The molecule has 1 N–H and O–H groups in total. The Bertz CT molecular complexity index is 1190. The number of Topliss-reactive ketones (excluding diaryl/α,β-unsaturated/α-hetero) is 1. The summed E-state index contributed by atoms with van der Waals surface area (Å²) < 4.78 is 48.1. The largest absolute Gasteiger partial charge is 0.490 e. The molecule has 0 saturated heterocycles. The number of anilines is 2. The predicted molar refractivity (Wildman–Crippen MR) is 128 cm³/mol. The van der Waals surface area contributed by atoms with E-state index in [1.54, 1.807) is 42.5 Å². The molecule has 1 aliphatic carbocycles. The Hall–Kier alpha value is -3.29. The van der Waals surface area contributed by atoms with Crippen molar-refractivity contribution in [3.05, 3.63) is 65.4 Å². The maximum absolute atomic E-state index is 14.0. The molecular formula is C27H29F3N2O3. The Kier molecular flexibility index (Phi) is 6.42. The zero-order valence-corrected chi connectivity index (χ0v) is 20.2. The molecule has 2 atom stereocenters. The van der Waals surface area contributed by atoms with Gasteiger partial charge in [0.05, 0.1) is 23.5 Å². The number of nitrogens with zero attached hydrogens (tertiary/aromatic N) is 1. The molecule has 0 unspecified atom stereocenters. The molecule has 0 bridgehead atoms. The van der Waals surface area contributed by atoms with Crippen LogP contribution in [0.5, 0.6) is 5.75 Å². The van der Waals surface area contributed by atoms with Crippen LogP contribution in [0.4, 0.5) is 24.5 Å². The SMILES string of the molecule is CC[C@@H](C)Oc1ccccc1[C@H]1C2=C(CC(C)(C)CC2=O)Nc2ccccc2N1C(=O)C(F)(F)F. The van der Waals surface area contributed by atoms with Crippen LogP contribution < -0.4 is 15.0 Å². The number of alkyl halides is 3. The first-order valence-corrected chi connectivity index (χ1v) is 11.7. The van der Waals surface area contributed by atoms with E-state index in [0.29, 0.717) is 40.4 Å². The number of rotatable bonds is 4. The number of ketones is 1. The Labute approximate surface area is 203 Å². The van der Waals surface area contributed by atoms with E-state index < -0.39 is 23.5 Å². The Morgan fingerprint density at radius 3 is 2.49 bits per heavy atom. The molecule has 2 aromatic rings. The summed E-state index contributed by atoms with van der Waals surface area (Å²) in [4.78, 5) is 27.3. The number of halogens is 3. The van der Waals surface area contributed by atoms with Gasteiger partial charge in [-0.25, -0.2) is 0 Å². The monoisotopic (exact) mass is 486 g/mol. The lowest BCUT2D eigenvalue weighted by molar-refractivity contribution is -0.170. The molecule has 35 heavy (non-hydrogen) atoms. The van der Waals surface area contributed by atoms with E-state index in [2.05, 4.69) is 5.32 Å². The number of benzene rings is 2. The average Bonchev–Trinajstić information content (AvgIpc) is 2.91. The highest BCUT2D eigenvalue weighted by Gasteiger charge is 2.51. The summed E-state index contributed by atoms with van der Waals surface area (Å²) >= 11 is 0. The third kappa shape index (κ3) is 4.79. The third-order valence-electron chi connectivity index (χ3n) is 6.48. The van der Waals surface area contributed by atoms with Gasteiger partial charge in [0.15, 0.2) is 5.78 Å². The van der Waals surface area contributed by atoms with Crippen LogP contribution in [0.1, 0.15) is 58.6 Å². The smallest absolute Gasteiger partial charge is 0.471 e. The van der Waals surface area contributed by atoms with Crippen LogP contribution in [0.3, 0.4) is 0 Å². The minimum absolute atomic E-state index is 0.0539. The predicted octanol–water partition coefficient (Wildman–Crippen LogP) is 6.57. The Morgan fingerprint density at radius 2 is 1.80 bits per heavy atom. The van der Waals surface area contributed by atoms with Crippen LogP contribution in [-0.2, 0) is 9.59 Å². The van der Waals surface area contributed by atoms with Crippen molar-refractivity contribution in [2.45, 2.75) is 65.3 Å². The minimum Gasteiger partial charge on any atom is -0.490 e. The van der Waals surface area contributed by atoms with Gasteiger partial charge >= 0.3 is 12.1 Å². The summed E-state index contributed by atoms with van der Waals surface area (Å²) in [6.07, 6.45) is -4.09. The van der Waals surface area contributed by atoms with Gasteiger partial charge in [0.1, 0.15) is 5.75 Å². The maximum Gasteiger partial charge on any atom is 0.471 e. The molecule has 8 heteroatoms. The van der Waals surface area contributed by atoms with E-state index in [1.807, 2.05) is 27.7 Å². The number of fused-ring (bicyclic) bond motifs is 1. The molecule has 0 aromatic heterocycles. The van der Waals surface area contributed by atoms with E-state index in [0.717, 1.165) is 0 Å². The highest BCUT2D eigenvalue weighted by molar-refractivity contribution is 6.07. The number of carbonyl (C=O) groups excluding carboxylic acids is 2. The molecule has 5 nitrogen and oxygen atoms in total. The zero-order valence-electron chi connectivity index (χ0n) is 20.2. The topological polar surface area (TPSA) is 58.6 Å². The fourth-order valence-electron chi connectivity index (χ4n) is 4.76. The molecule has 0 saturated carbocycles. The van der Waals surface area contributed by atoms with Gasteiger partial charge in [-0.2, -0.15) is 13.2 Å². The lowest BCUT2D eigenvalue weighted by atomic mass is 9.73. The van der Waals surface area contributed by atoms with Crippen LogP contribution in [0.2, 0.25) is 0 Å². The fraction of sp³-hybridized carbons (Fsp3) is 0.407. The van der Waals surface area contributed by atoms with Gasteiger partial charge < -0.3 is 10.1 Å². The van der Waals surface area contributed by atoms with Gasteiger partial charge in [-0.05, 0) is 43.4 Å². The molecule has 1 aliphatic heterocycles. The van der Waals surface area contributed by atoms with Crippen molar-refractivity contribution in [1.82, 2.24) is 0 Å². The number of hydrogen-bond donors (Lipinski definition) is 1. The number of para-hydroxylation sites is 3. The van der Waals surface area contributed by atoms with Crippen molar-refractivity contribution in [3.63, 3.8) is 0 Å². The number of allylic oxidation sites excluding steroid dienone is 1. The Morgan fingerprint density at radius 1 is 1.14 bits per heavy atom. The van der Waals surface area contributed by atoms with Gasteiger partial charge in [0.25, 0.3) is 0 Å². The van der Waals surface area contributed by atoms with Gasteiger partial charge in [0.2, 0.25) is 0 Å². The molecule has 2 aromatic carbocycles. The first-order valence-electron chi connectivity index (χ1n) is 11.7. The number of ether oxygens (including phenoxy) is 1. The van der Waals surface area contributed by atoms with Gasteiger partial charge in [-0.15, -0.1) is 0 Å². The maximum atomic E-state index is 14.0. The summed E-state index contributed by atoms with van der Waals surface area (Å²) in [5.74, 6) is -1.99. The second-order valence-corrected chi connectivity index (χ2v) is 9.93. The van der Waals surface area contributed by atoms with Crippen molar-refractivity contribution in [2.75, 3.05) is 10.2 Å². The van der Waals surface area contributed by atoms with E-state index in [-0.39, 0.29) is 29.6 Å². The van der Waals surface area contributed by atoms with E-state index in [9.17, 15) is 22.8 Å². The van der Waals surface area contributed by atoms with Crippen molar-refractivity contribution in [2.24, 2.45) is 5.41 Å². The molecule has 0 spiro atoms. The van der Waals surface area contributed by atoms with Gasteiger partial charge in [-0.1, -0.05) is 51.1 Å². The number of nitrogens with one attached hydrogen (secondary N) is 1. The first-order chi connectivity index (χ1) is 16.4. The third-order valence-corrected chi connectivity index (χ3v) is 6.48. The van der Waals surface area contributed by atoms with Crippen molar-refractivity contribution in [1.29, 1.82) is 0 Å². The normalized spacial score (nSPS) is 20.4. The molecule has 1 heterocycles. The summed E-state index contributed by atoms with van der Waals surface area (Å²) in [6.45, 7) is 7.69. The lowest BCUT2D eigenvalue weighted by Crippen LogP contribution is -2.45. The molecule has 186 valence electrons. The van der Waals surface area contributed by atoms with Crippen LogP contribution in [0.25, 0.3) is 0 Å². The molecule has 2 aliphatic rings. The molecule has 0 radical (unpaired) electrons. The molecular weight excluding hydrogens is 457 g/mol. The quantitative estimate of drug-likeness (QED) is 0.531. The first kappa shape index (κ1) is 24.8. The average molecular weight is 487 g/mol. The lowest BCUT2D eigenvalue weighted by Gasteiger charge is -2.37. The number of hydrogen-bond acceptors (Lipinski definition) is 4. The van der Waals surface area contributed by atoms with Crippen LogP contribution in [-0.4, -0.2) is 24.0 Å². The summed E-state index contributed by atoms with van der Waals surface area (Å²) in [7, 11) is 0. The standard InChI is InChI=1S/C27H29F3N2O3/c1-5-16(2)35-22-13-9-6-10-17(22)24-23-19(14-26(3,4)15-21(23)33)31-18-11-7-8-12-20(18)32(24)25(34)27(28,29)30/h6-13,16,24,31H,5,14-15H2,1-4H3/t16-,24+/m1/s1. The fourth-order valence-corrected chi connectivity index (χ4v) is 4.76. The summed E-state index contributed by atoms with van der Waals surface area (Å²) in [5, 5.41) is 3.21. The second-order valence-electron chi connectivity index (χ2n) is 9.93. The van der Waals surface area contributed by atoms with Gasteiger partial charge in [0, 0.05) is 23.3 Å². The van der Waals surface area contributed by atoms with Crippen molar-refractivity contribution < 1.29 is 27.5 Å². The second kappa shape index (κ2) is 9.06. The van der Waals surface area contributed by atoms with E-state index in [1.165, 1.54) is 6.07 Å². The van der Waals surface area contributed by atoms with Crippen LogP contribution in [0, 0.1) is 5.41 Å².